The van der Waals surface area contributed by atoms with Crippen molar-refractivity contribution in [2.24, 2.45) is 0 Å². The lowest BCUT2D eigenvalue weighted by Gasteiger charge is -2.37. The summed E-state index contributed by atoms with van der Waals surface area (Å²) in [5.41, 5.74) is 0.246. The molecule has 0 bridgehead atoms. The van der Waals surface area contributed by atoms with Gasteiger partial charge < -0.3 is 9.64 Å². The first-order valence-electron chi connectivity index (χ1n) is 7.03. The van der Waals surface area contributed by atoms with Crippen LogP contribution in [0.4, 0.5) is 0 Å². The van der Waals surface area contributed by atoms with Gasteiger partial charge in [-0.05, 0) is 6.92 Å². The van der Waals surface area contributed by atoms with Crippen LogP contribution in [0.25, 0.3) is 0 Å². The van der Waals surface area contributed by atoms with Crippen LogP contribution >= 0.6 is 0 Å². The minimum atomic E-state index is -3.15. The Hall–Kier alpha value is -1.52. The summed E-state index contributed by atoms with van der Waals surface area (Å²) in [6.45, 7) is 3.26. The van der Waals surface area contributed by atoms with E-state index in [-0.39, 0.29) is 23.4 Å². The van der Waals surface area contributed by atoms with Crippen molar-refractivity contribution < 1.29 is 17.9 Å². The molecule has 0 spiro atoms. The quantitative estimate of drug-likeness (QED) is 0.649. The standard InChI is InChI=1S/C12H21N5O4S/c1-4-22(19,20)16-7-10(8-16)17-9-11(13-14-17)12(18)15(2)5-6-21-3/h9-10H,4-8H2,1-3H3. The summed E-state index contributed by atoms with van der Waals surface area (Å²) in [7, 11) is 0.0838. The monoisotopic (exact) mass is 331 g/mol. The van der Waals surface area contributed by atoms with Crippen LogP contribution in [0, 0.1) is 0 Å². The zero-order valence-electron chi connectivity index (χ0n) is 13.0. The summed E-state index contributed by atoms with van der Waals surface area (Å²) in [5.74, 6) is -0.147. The molecule has 0 atom stereocenters. The van der Waals surface area contributed by atoms with Crippen LogP contribution in [-0.4, -0.2) is 84.7 Å². The Bertz CT molecular complexity index is 623. The lowest BCUT2D eigenvalue weighted by molar-refractivity contribution is 0.0738. The van der Waals surface area contributed by atoms with E-state index in [4.69, 9.17) is 4.74 Å². The molecule has 1 amide bonds. The molecule has 0 aromatic carbocycles. The topological polar surface area (TPSA) is 97.6 Å². The number of hydrogen-bond acceptors (Lipinski definition) is 6. The average Bonchev–Trinajstić information content (AvgIpc) is 2.91. The van der Waals surface area contributed by atoms with Gasteiger partial charge in [-0.2, -0.15) is 4.31 Å². The van der Waals surface area contributed by atoms with Crippen molar-refractivity contribution in [1.29, 1.82) is 0 Å². The fourth-order valence-electron chi connectivity index (χ4n) is 2.07. The van der Waals surface area contributed by atoms with Crippen molar-refractivity contribution in [3.8, 4) is 0 Å². The summed E-state index contributed by atoms with van der Waals surface area (Å²) in [5, 5.41) is 7.80. The van der Waals surface area contributed by atoms with Gasteiger partial charge in [0.1, 0.15) is 0 Å². The van der Waals surface area contributed by atoms with E-state index in [1.54, 1.807) is 32.0 Å². The van der Waals surface area contributed by atoms with Crippen LogP contribution in [0.1, 0.15) is 23.5 Å². The van der Waals surface area contributed by atoms with E-state index >= 15 is 0 Å². The second-order valence-corrected chi connectivity index (χ2v) is 7.43. The SMILES string of the molecule is CCS(=O)(=O)N1CC(n2cc(C(=O)N(C)CCOC)nn2)C1. The Balaban J connectivity index is 1.95. The van der Waals surface area contributed by atoms with E-state index in [9.17, 15) is 13.2 Å². The Morgan fingerprint density at radius 3 is 2.77 bits per heavy atom. The van der Waals surface area contributed by atoms with E-state index in [1.807, 2.05) is 0 Å². The molecule has 2 heterocycles. The summed E-state index contributed by atoms with van der Waals surface area (Å²) >= 11 is 0. The second kappa shape index (κ2) is 6.71. The molecule has 0 aliphatic carbocycles. The number of ether oxygens (including phenoxy) is 1. The van der Waals surface area contributed by atoms with Gasteiger partial charge >= 0.3 is 0 Å². The van der Waals surface area contributed by atoms with Crippen molar-refractivity contribution in [2.75, 3.05) is 46.2 Å². The van der Waals surface area contributed by atoms with Gasteiger partial charge in [-0.15, -0.1) is 5.10 Å². The molecule has 0 radical (unpaired) electrons. The van der Waals surface area contributed by atoms with E-state index in [2.05, 4.69) is 10.3 Å². The normalized spacial score (nSPS) is 16.5. The van der Waals surface area contributed by atoms with Crippen LogP contribution in [0.15, 0.2) is 6.20 Å². The molecule has 1 aromatic rings. The summed E-state index contributed by atoms with van der Waals surface area (Å²) in [6.07, 6.45) is 1.56. The Morgan fingerprint density at radius 1 is 1.50 bits per heavy atom. The highest BCUT2D eigenvalue weighted by Gasteiger charge is 2.36. The van der Waals surface area contributed by atoms with Crippen molar-refractivity contribution in [3.63, 3.8) is 0 Å². The zero-order chi connectivity index (χ0) is 16.3. The first-order chi connectivity index (χ1) is 10.4. The number of carbonyl (C=O) groups is 1. The van der Waals surface area contributed by atoms with Gasteiger partial charge in [0.25, 0.3) is 5.91 Å². The number of amides is 1. The van der Waals surface area contributed by atoms with Crippen molar-refractivity contribution in [3.05, 3.63) is 11.9 Å². The Morgan fingerprint density at radius 2 is 2.18 bits per heavy atom. The number of likely N-dealkylation sites (N-methyl/N-ethyl adjacent to an activating group) is 1. The molecule has 124 valence electrons. The third kappa shape index (κ3) is 3.45. The number of hydrogen-bond donors (Lipinski definition) is 0. The van der Waals surface area contributed by atoms with Crippen molar-refractivity contribution in [1.82, 2.24) is 24.2 Å². The van der Waals surface area contributed by atoms with E-state index < -0.39 is 10.0 Å². The predicted octanol–water partition coefficient (Wildman–Crippen LogP) is -0.797. The first kappa shape index (κ1) is 16.8. The zero-order valence-corrected chi connectivity index (χ0v) is 13.8. The molecule has 1 aliphatic heterocycles. The van der Waals surface area contributed by atoms with Crippen molar-refractivity contribution >= 4 is 15.9 Å². The lowest BCUT2D eigenvalue weighted by atomic mass is 10.2. The summed E-state index contributed by atoms with van der Waals surface area (Å²) < 4.78 is 31.2. The molecule has 2 rings (SSSR count). The second-order valence-electron chi connectivity index (χ2n) is 5.17. The average molecular weight is 331 g/mol. The maximum absolute atomic E-state index is 12.1. The lowest BCUT2D eigenvalue weighted by Crippen LogP contribution is -2.51. The largest absolute Gasteiger partial charge is 0.383 e. The minimum Gasteiger partial charge on any atom is -0.383 e. The molecular weight excluding hydrogens is 310 g/mol. The molecule has 22 heavy (non-hydrogen) atoms. The Kier molecular flexibility index (Phi) is 5.14. The maximum Gasteiger partial charge on any atom is 0.275 e. The third-order valence-corrected chi connectivity index (χ3v) is 5.48. The van der Waals surface area contributed by atoms with Crippen LogP contribution in [0.3, 0.4) is 0 Å². The minimum absolute atomic E-state index is 0.0698. The van der Waals surface area contributed by atoms with Gasteiger partial charge in [-0.25, -0.2) is 13.1 Å². The first-order valence-corrected chi connectivity index (χ1v) is 8.64. The van der Waals surface area contributed by atoms with Gasteiger partial charge in [0, 0.05) is 33.8 Å². The van der Waals surface area contributed by atoms with Gasteiger partial charge in [0.15, 0.2) is 5.69 Å². The van der Waals surface area contributed by atoms with E-state index in [0.717, 1.165) is 0 Å². The number of nitrogens with zero attached hydrogens (tertiary/aromatic N) is 5. The van der Waals surface area contributed by atoms with Gasteiger partial charge in [-0.1, -0.05) is 5.21 Å². The number of rotatable bonds is 7. The highest BCUT2D eigenvalue weighted by Crippen LogP contribution is 2.23. The molecular formula is C12H21N5O4S. The molecule has 1 aliphatic rings. The predicted molar refractivity (Wildman–Crippen MR) is 78.9 cm³/mol. The summed E-state index contributed by atoms with van der Waals surface area (Å²) in [4.78, 5) is 13.6. The number of aromatic nitrogens is 3. The molecule has 0 unspecified atom stereocenters. The van der Waals surface area contributed by atoms with Gasteiger partial charge in [0.05, 0.1) is 24.6 Å². The van der Waals surface area contributed by atoms with Crippen LogP contribution in [0.5, 0.6) is 0 Å². The van der Waals surface area contributed by atoms with Gasteiger partial charge in [-0.3, -0.25) is 4.79 Å². The fraction of sp³-hybridized carbons (Fsp3) is 0.750. The molecule has 10 heteroatoms. The van der Waals surface area contributed by atoms with Crippen LogP contribution < -0.4 is 0 Å². The highest BCUT2D eigenvalue weighted by atomic mass is 32.2. The number of sulfonamides is 1. The summed E-state index contributed by atoms with van der Waals surface area (Å²) in [6, 6.07) is -0.0698. The molecule has 0 saturated carbocycles. The molecule has 1 saturated heterocycles. The molecule has 1 fully saturated rings. The van der Waals surface area contributed by atoms with Crippen molar-refractivity contribution in [2.45, 2.75) is 13.0 Å². The third-order valence-electron chi connectivity index (χ3n) is 3.67. The maximum atomic E-state index is 12.1. The van der Waals surface area contributed by atoms with Crippen LogP contribution in [-0.2, 0) is 14.8 Å². The Labute approximate surface area is 129 Å². The molecule has 1 aromatic heterocycles. The molecule has 0 N–H and O–H groups in total. The number of carbonyl (C=O) groups excluding carboxylic acids is 1. The molecule has 9 nitrogen and oxygen atoms in total. The number of methoxy groups -OCH3 is 1. The van der Waals surface area contributed by atoms with Gasteiger partial charge in [0.2, 0.25) is 10.0 Å². The van der Waals surface area contributed by atoms with Crippen LogP contribution in [0.2, 0.25) is 0 Å². The van der Waals surface area contributed by atoms with E-state index in [0.29, 0.717) is 26.2 Å². The smallest absolute Gasteiger partial charge is 0.275 e. The van der Waals surface area contributed by atoms with E-state index in [1.165, 1.54) is 9.21 Å². The highest BCUT2D eigenvalue weighted by molar-refractivity contribution is 7.89. The fourth-order valence-corrected chi connectivity index (χ4v) is 3.24.